The Bertz CT molecular complexity index is 335. The van der Waals surface area contributed by atoms with Crippen molar-refractivity contribution in [1.29, 1.82) is 0 Å². The average Bonchev–Trinajstić information content (AvgIpc) is 2.58. The van der Waals surface area contributed by atoms with E-state index in [1.807, 2.05) is 0 Å². The van der Waals surface area contributed by atoms with Gasteiger partial charge in [-0.25, -0.2) is 4.79 Å². The molecule has 0 fully saturated rings. The molecule has 1 aromatic heterocycles. The number of hydrogen-bond acceptors (Lipinski definition) is 5. The van der Waals surface area contributed by atoms with Crippen LogP contribution in [-0.2, 0) is 11.8 Å². The number of esters is 1. The lowest BCUT2D eigenvalue weighted by Crippen LogP contribution is -2.15. The third-order valence-electron chi connectivity index (χ3n) is 1.82. The largest absolute Gasteiger partial charge is 0.464 e. The first kappa shape index (κ1) is 10.7. The molecular weight excluding hydrogens is 186 g/mol. The van der Waals surface area contributed by atoms with Crippen LogP contribution in [0, 0.1) is 0 Å². The molecule has 14 heavy (non-hydrogen) atoms. The van der Waals surface area contributed by atoms with E-state index in [4.69, 9.17) is 5.73 Å². The van der Waals surface area contributed by atoms with Crippen LogP contribution in [-0.4, -0.2) is 34.5 Å². The van der Waals surface area contributed by atoms with Crippen LogP contribution in [0.1, 0.15) is 22.2 Å². The van der Waals surface area contributed by atoms with Gasteiger partial charge in [0.2, 0.25) is 0 Å². The third kappa shape index (κ3) is 1.91. The molecule has 0 amide bonds. The molecular formula is C8H13N3O3. The van der Waals surface area contributed by atoms with Gasteiger partial charge >= 0.3 is 5.97 Å². The van der Waals surface area contributed by atoms with Gasteiger partial charge < -0.3 is 15.6 Å². The van der Waals surface area contributed by atoms with Crippen LogP contribution in [0.4, 0.5) is 0 Å². The lowest BCUT2D eigenvalue weighted by atomic mass is 10.1. The first-order valence-electron chi connectivity index (χ1n) is 4.10. The maximum atomic E-state index is 11.2. The van der Waals surface area contributed by atoms with Gasteiger partial charge in [0, 0.05) is 25.4 Å². The number of nitrogens with two attached hydrogens (primary N) is 1. The molecule has 1 heterocycles. The summed E-state index contributed by atoms with van der Waals surface area (Å²) in [4.78, 5) is 11.2. The summed E-state index contributed by atoms with van der Waals surface area (Å²) in [5.41, 5.74) is 5.78. The predicted octanol–water partition coefficient (Wildman–Crippen LogP) is -0.801. The molecule has 0 radical (unpaired) electrons. The van der Waals surface area contributed by atoms with Gasteiger partial charge in [-0.05, 0) is 0 Å². The Kier molecular flexibility index (Phi) is 3.21. The SMILES string of the molecule is COC(=O)c1nn(C)cc1[C@H](O)CN. The summed E-state index contributed by atoms with van der Waals surface area (Å²) in [6, 6.07) is 0. The van der Waals surface area contributed by atoms with Gasteiger partial charge in [0.25, 0.3) is 0 Å². The zero-order valence-corrected chi connectivity index (χ0v) is 8.10. The minimum absolute atomic E-state index is 0.0374. The van der Waals surface area contributed by atoms with Crippen LogP contribution in [0.25, 0.3) is 0 Å². The molecule has 0 aliphatic rings. The van der Waals surface area contributed by atoms with Gasteiger partial charge in [0.15, 0.2) is 5.69 Å². The van der Waals surface area contributed by atoms with E-state index in [1.54, 1.807) is 13.2 Å². The fourth-order valence-electron chi connectivity index (χ4n) is 1.13. The highest BCUT2D eigenvalue weighted by Gasteiger charge is 2.21. The van der Waals surface area contributed by atoms with Gasteiger partial charge in [-0.1, -0.05) is 0 Å². The van der Waals surface area contributed by atoms with Crippen molar-refractivity contribution in [3.8, 4) is 0 Å². The zero-order chi connectivity index (χ0) is 10.7. The second-order valence-electron chi connectivity index (χ2n) is 2.85. The number of hydrogen-bond donors (Lipinski definition) is 2. The molecule has 1 aromatic rings. The molecule has 0 aromatic carbocycles. The van der Waals surface area contributed by atoms with Crippen LogP contribution < -0.4 is 5.73 Å². The van der Waals surface area contributed by atoms with Gasteiger partial charge in [0.05, 0.1) is 13.2 Å². The molecule has 0 bridgehead atoms. The maximum absolute atomic E-state index is 11.2. The normalized spacial score (nSPS) is 12.6. The third-order valence-corrected chi connectivity index (χ3v) is 1.82. The maximum Gasteiger partial charge on any atom is 0.358 e. The standard InChI is InChI=1S/C8H13N3O3/c1-11-4-5(6(12)3-9)7(10-11)8(13)14-2/h4,6,12H,3,9H2,1-2H3/t6-/m1/s1. The molecule has 3 N–H and O–H groups in total. The van der Waals surface area contributed by atoms with Crippen molar-refractivity contribution in [2.75, 3.05) is 13.7 Å². The highest BCUT2D eigenvalue weighted by Crippen LogP contribution is 2.16. The van der Waals surface area contributed by atoms with E-state index >= 15 is 0 Å². The number of aliphatic hydroxyl groups excluding tert-OH is 1. The van der Waals surface area contributed by atoms with Crippen molar-refractivity contribution in [2.24, 2.45) is 12.8 Å². The van der Waals surface area contributed by atoms with Crippen molar-refractivity contribution in [3.05, 3.63) is 17.5 Å². The van der Waals surface area contributed by atoms with E-state index in [0.29, 0.717) is 5.56 Å². The minimum atomic E-state index is -0.891. The fraction of sp³-hybridized carbons (Fsp3) is 0.500. The van der Waals surface area contributed by atoms with Crippen molar-refractivity contribution < 1.29 is 14.6 Å². The minimum Gasteiger partial charge on any atom is -0.464 e. The van der Waals surface area contributed by atoms with E-state index in [2.05, 4.69) is 9.84 Å². The van der Waals surface area contributed by atoms with Crippen LogP contribution >= 0.6 is 0 Å². The summed E-state index contributed by atoms with van der Waals surface area (Å²) >= 11 is 0. The van der Waals surface area contributed by atoms with E-state index < -0.39 is 12.1 Å². The summed E-state index contributed by atoms with van der Waals surface area (Å²) in [7, 11) is 2.91. The number of nitrogens with zero attached hydrogens (tertiary/aromatic N) is 2. The Hall–Kier alpha value is -1.40. The van der Waals surface area contributed by atoms with E-state index in [0.717, 1.165) is 0 Å². The molecule has 1 atom stereocenters. The Morgan fingerprint density at radius 3 is 3.00 bits per heavy atom. The Morgan fingerprint density at radius 2 is 2.50 bits per heavy atom. The summed E-state index contributed by atoms with van der Waals surface area (Å²) in [5, 5.41) is 13.4. The zero-order valence-electron chi connectivity index (χ0n) is 8.10. The molecule has 0 aliphatic carbocycles. The summed E-state index contributed by atoms with van der Waals surface area (Å²) in [6.07, 6.45) is 0.654. The molecule has 0 saturated carbocycles. The highest BCUT2D eigenvalue weighted by atomic mass is 16.5. The number of aliphatic hydroxyl groups is 1. The van der Waals surface area contributed by atoms with Crippen molar-refractivity contribution in [2.45, 2.75) is 6.10 Å². The number of aromatic nitrogens is 2. The van der Waals surface area contributed by atoms with Gasteiger partial charge in [-0.15, -0.1) is 0 Å². The van der Waals surface area contributed by atoms with Gasteiger partial charge in [-0.3, -0.25) is 4.68 Å². The Morgan fingerprint density at radius 1 is 1.86 bits per heavy atom. The number of methoxy groups -OCH3 is 1. The van der Waals surface area contributed by atoms with Crippen LogP contribution in [0.15, 0.2) is 6.20 Å². The fourth-order valence-corrected chi connectivity index (χ4v) is 1.13. The predicted molar refractivity (Wildman–Crippen MR) is 48.6 cm³/mol. The topological polar surface area (TPSA) is 90.4 Å². The molecule has 0 aliphatic heterocycles. The lowest BCUT2D eigenvalue weighted by Gasteiger charge is -2.05. The first-order chi connectivity index (χ1) is 6.60. The van der Waals surface area contributed by atoms with E-state index in [1.165, 1.54) is 11.8 Å². The number of carbonyl (C=O) groups is 1. The van der Waals surface area contributed by atoms with Crippen molar-refractivity contribution in [1.82, 2.24) is 9.78 Å². The number of aryl methyl sites for hydroxylation is 1. The summed E-state index contributed by atoms with van der Waals surface area (Å²) in [5.74, 6) is -0.576. The lowest BCUT2D eigenvalue weighted by molar-refractivity contribution is 0.0586. The second kappa shape index (κ2) is 4.21. The molecule has 0 unspecified atom stereocenters. The number of ether oxygens (including phenoxy) is 1. The monoisotopic (exact) mass is 199 g/mol. The van der Waals surface area contributed by atoms with Gasteiger partial charge in [0.1, 0.15) is 0 Å². The molecule has 0 spiro atoms. The van der Waals surface area contributed by atoms with Crippen molar-refractivity contribution >= 4 is 5.97 Å². The molecule has 1 rings (SSSR count). The van der Waals surface area contributed by atoms with Crippen LogP contribution in [0.3, 0.4) is 0 Å². The second-order valence-corrected chi connectivity index (χ2v) is 2.85. The Balaban J connectivity index is 3.08. The van der Waals surface area contributed by atoms with E-state index in [9.17, 15) is 9.90 Å². The highest BCUT2D eigenvalue weighted by molar-refractivity contribution is 5.88. The molecule has 78 valence electrons. The smallest absolute Gasteiger partial charge is 0.358 e. The van der Waals surface area contributed by atoms with Crippen molar-refractivity contribution in [3.63, 3.8) is 0 Å². The molecule has 0 saturated heterocycles. The molecule has 6 nitrogen and oxygen atoms in total. The van der Waals surface area contributed by atoms with Crippen LogP contribution in [0.2, 0.25) is 0 Å². The quantitative estimate of drug-likeness (QED) is 0.622. The summed E-state index contributed by atoms with van der Waals surface area (Å²) < 4.78 is 5.95. The van der Waals surface area contributed by atoms with E-state index in [-0.39, 0.29) is 12.2 Å². The molecule has 6 heteroatoms. The Labute approximate surface area is 81.3 Å². The summed E-state index contributed by atoms with van der Waals surface area (Å²) in [6.45, 7) is 0.0374. The first-order valence-corrected chi connectivity index (χ1v) is 4.10. The number of rotatable bonds is 3. The van der Waals surface area contributed by atoms with Crippen LogP contribution in [0.5, 0.6) is 0 Å². The average molecular weight is 199 g/mol. The number of carbonyl (C=O) groups excluding carboxylic acids is 1. The van der Waals surface area contributed by atoms with Gasteiger partial charge in [-0.2, -0.15) is 5.10 Å².